The molecule has 1 N–H and O–H groups in total. The highest BCUT2D eigenvalue weighted by molar-refractivity contribution is 5.91. The van der Waals surface area contributed by atoms with E-state index in [1.54, 1.807) is 4.90 Å². The van der Waals surface area contributed by atoms with Crippen molar-refractivity contribution in [2.75, 3.05) is 45.0 Å². The topological polar surface area (TPSA) is 110 Å². The van der Waals surface area contributed by atoms with Crippen LogP contribution in [0.1, 0.15) is 12.8 Å². The van der Waals surface area contributed by atoms with E-state index in [2.05, 4.69) is 14.5 Å². The predicted molar refractivity (Wildman–Crippen MR) is 108 cm³/mol. The first kappa shape index (κ1) is 23.7. The van der Waals surface area contributed by atoms with Crippen molar-refractivity contribution in [2.24, 2.45) is 0 Å². The number of pyridine rings is 1. The molecule has 1 aromatic heterocycles. The standard InChI is InChI=1S/C20H19F4N3O7/c1-31-17-14-11(16(28)13(7-25-14)34-18(29)32-9-20(22,23)24)6-12(21)15(17)26-4-2-19(3-5-26)8-27(30)10-33-19/h6-7H,2-5,8-10H2,1H3/p+1. The Balaban J connectivity index is 1.60. The molecule has 0 aliphatic carbocycles. The lowest BCUT2D eigenvalue weighted by molar-refractivity contribution is -0.546. The number of carbonyl (C=O) groups excluding carboxylic acids is 1. The summed E-state index contributed by atoms with van der Waals surface area (Å²) in [6, 6.07) is 0.926. The SMILES string of the molecule is COc1c(N2CCC3(CC2)C[N+](=O)CO3)c(F)cc2c(=O)c(OC(=O)OCC(F)(F)F)c[nH]c12. The summed E-state index contributed by atoms with van der Waals surface area (Å²) in [6.45, 7) is -0.937. The molecule has 2 aliphatic heterocycles. The van der Waals surface area contributed by atoms with E-state index in [0.717, 1.165) is 17.0 Å². The molecule has 0 saturated carbocycles. The molecule has 4 rings (SSSR count). The minimum Gasteiger partial charge on any atom is -0.492 e. The summed E-state index contributed by atoms with van der Waals surface area (Å²) in [6.07, 6.45) is -4.59. The number of carbonyl (C=O) groups is 1. The minimum atomic E-state index is -4.77. The third-order valence-electron chi connectivity index (χ3n) is 5.75. The summed E-state index contributed by atoms with van der Waals surface area (Å²) in [7, 11) is 1.29. The normalized spacial score (nSPS) is 17.9. The highest BCUT2D eigenvalue weighted by Crippen LogP contribution is 2.40. The number of H-pyrrole nitrogens is 1. The van der Waals surface area contributed by atoms with Gasteiger partial charge in [0.15, 0.2) is 23.9 Å². The lowest BCUT2D eigenvalue weighted by atomic mass is 9.91. The zero-order valence-electron chi connectivity index (χ0n) is 17.9. The van der Waals surface area contributed by atoms with Crippen molar-refractivity contribution in [1.82, 2.24) is 4.98 Å². The summed E-state index contributed by atoms with van der Waals surface area (Å²) in [5.41, 5.74) is -1.34. The van der Waals surface area contributed by atoms with Gasteiger partial charge < -0.3 is 28.8 Å². The van der Waals surface area contributed by atoms with Gasteiger partial charge in [0, 0.05) is 41.8 Å². The summed E-state index contributed by atoms with van der Waals surface area (Å²) in [4.78, 5) is 40.1. The Morgan fingerprint density at radius 2 is 2.03 bits per heavy atom. The van der Waals surface area contributed by atoms with Crippen LogP contribution in [0.25, 0.3) is 10.9 Å². The minimum absolute atomic E-state index is 0.0109. The number of rotatable bonds is 4. The van der Waals surface area contributed by atoms with Gasteiger partial charge in [0.2, 0.25) is 12.0 Å². The lowest BCUT2D eigenvalue weighted by Crippen LogP contribution is -2.46. The second-order valence-electron chi connectivity index (χ2n) is 7.98. The average molecular weight is 490 g/mol. The number of halogens is 4. The van der Waals surface area contributed by atoms with Crippen molar-refractivity contribution in [3.8, 4) is 11.5 Å². The van der Waals surface area contributed by atoms with Gasteiger partial charge in [-0.05, 0) is 6.07 Å². The van der Waals surface area contributed by atoms with E-state index >= 15 is 4.39 Å². The Labute approximate surface area is 188 Å². The molecule has 2 fully saturated rings. The molecule has 2 saturated heterocycles. The number of ether oxygens (including phenoxy) is 4. The molecular weight excluding hydrogens is 470 g/mol. The van der Waals surface area contributed by atoms with Crippen LogP contribution in [0.3, 0.4) is 0 Å². The molecule has 0 bridgehead atoms. The molecule has 0 amide bonds. The molecule has 1 spiro atoms. The molecule has 1 aromatic carbocycles. The second-order valence-corrected chi connectivity index (χ2v) is 7.98. The smallest absolute Gasteiger partial charge is 0.492 e. The number of nitrogens with zero attached hydrogens (tertiary/aromatic N) is 2. The first-order chi connectivity index (χ1) is 16.0. The largest absolute Gasteiger partial charge is 0.514 e. The Hall–Kier alpha value is -3.42. The molecule has 34 heavy (non-hydrogen) atoms. The van der Waals surface area contributed by atoms with Gasteiger partial charge in [0.1, 0.15) is 11.3 Å². The van der Waals surface area contributed by atoms with Gasteiger partial charge in [0.05, 0.1) is 18.0 Å². The van der Waals surface area contributed by atoms with Crippen molar-refractivity contribution in [2.45, 2.75) is 24.6 Å². The third kappa shape index (κ3) is 4.62. The monoisotopic (exact) mass is 490 g/mol. The van der Waals surface area contributed by atoms with Crippen LogP contribution >= 0.6 is 0 Å². The number of fused-ring (bicyclic) bond motifs is 1. The summed E-state index contributed by atoms with van der Waals surface area (Å²) in [5.74, 6) is -1.44. The molecule has 0 unspecified atom stereocenters. The van der Waals surface area contributed by atoms with Gasteiger partial charge in [0.25, 0.3) is 6.73 Å². The van der Waals surface area contributed by atoms with Crippen molar-refractivity contribution in [3.63, 3.8) is 0 Å². The van der Waals surface area contributed by atoms with E-state index in [1.165, 1.54) is 7.11 Å². The van der Waals surface area contributed by atoms with Crippen LogP contribution < -0.4 is 19.8 Å². The van der Waals surface area contributed by atoms with Crippen LogP contribution in [0.2, 0.25) is 0 Å². The van der Waals surface area contributed by atoms with Crippen LogP contribution in [0.5, 0.6) is 11.5 Å². The number of methoxy groups -OCH3 is 1. The van der Waals surface area contributed by atoms with E-state index in [4.69, 9.17) is 9.47 Å². The van der Waals surface area contributed by atoms with Gasteiger partial charge in [-0.3, -0.25) is 4.79 Å². The summed E-state index contributed by atoms with van der Waals surface area (Å²) >= 11 is 0. The van der Waals surface area contributed by atoms with Crippen LogP contribution in [-0.4, -0.2) is 67.8 Å². The number of piperidine rings is 1. The first-order valence-electron chi connectivity index (χ1n) is 10.2. The van der Waals surface area contributed by atoms with Crippen LogP contribution in [-0.2, 0) is 9.47 Å². The zero-order chi connectivity index (χ0) is 24.7. The predicted octanol–water partition coefficient (Wildman–Crippen LogP) is 2.86. The highest BCUT2D eigenvalue weighted by Gasteiger charge is 2.48. The molecule has 0 atom stereocenters. The molecule has 14 heteroatoms. The fourth-order valence-corrected chi connectivity index (χ4v) is 4.17. The summed E-state index contributed by atoms with van der Waals surface area (Å²) < 4.78 is 72.0. The number of hydrogen-bond donors (Lipinski definition) is 1. The fourth-order valence-electron chi connectivity index (χ4n) is 4.17. The number of benzene rings is 1. The van der Waals surface area contributed by atoms with Crippen LogP contribution in [0.4, 0.5) is 28.0 Å². The third-order valence-corrected chi connectivity index (χ3v) is 5.75. The number of nitrogens with one attached hydrogen (secondary N) is 1. The van der Waals surface area contributed by atoms with E-state index < -0.39 is 41.5 Å². The highest BCUT2D eigenvalue weighted by atomic mass is 19.4. The Bertz CT molecular complexity index is 1190. The van der Waals surface area contributed by atoms with Gasteiger partial charge in [-0.15, -0.1) is 0 Å². The number of hydrogen-bond acceptors (Lipinski definition) is 8. The Morgan fingerprint density at radius 3 is 2.62 bits per heavy atom. The van der Waals surface area contributed by atoms with Crippen molar-refractivity contribution in [3.05, 3.63) is 33.2 Å². The van der Waals surface area contributed by atoms with Crippen molar-refractivity contribution < 1.29 is 46.1 Å². The maximum atomic E-state index is 15.2. The lowest BCUT2D eigenvalue weighted by Gasteiger charge is -2.37. The number of alkyl halides is 3. The number of aromatic amines is 1. The quantitative estimate of drug-likeness (QED) is 0.396. The van der Waals surface area contributed by atoms with Gasteiger partial charge in [-0.25, -0.2) is 9.18 Å². The molecular formula is C20H20F4N3O7+. The molecule has 0 radical (unpaired) electrons. The average Bonchev–Trinajstić information content (AvgIpc) is 3.14. The fraction of sp³-hybridized carbons (Fsp3) is 0.500. The molecule has 184 valence electrons. The summed E-state index contributed by atoms with van der Waals surface area (Å²) in [5, 5.41) is -0.242. The maximum Gasteiger partial charge on any atom is 0.514 e. The van der Waals surface area contributed by atoms with E-state index in [0.29, 0.717) is 25.9 Å². The molecule has 3 heterocycles. The van der Waals surface area contributed by atoms with Crippen LogP contribution in [0, 0.1) is 10.7 Å². The van der Waals surface area contributed by atoms with Crippen molar-refractivity contribution >= 4 is 22.7 Å². The van der Waals surface area contributed by atoms with E-state index in [9.17, 15) is 27.7 Å². The molecule has 2 aromatic rings. The number of anilines is 1. The Kier molecular flexibility index (Phi) is 6.10. The Morgan fingerprint density at radius 1 is 1.32 bits per heavy atom. The van der Waals surface area contributed by atoms with Gasteiger partial charge >= 0.3 is 12.3 Å². The second kappa shape index (κ2) is 8.74. The number of nitroso groups, excluding NO2 is 1. The van der Waals surface area contributed by atoms with Gasteiger partial charge in [-0.1, -0.05) is 0 Å². The van der Waals surface area contributed by atoms with E-state index in [1.807, 2.05) is 0 Å². The maximum absolute atomic E-state index is 15.2. The molecule has 10 nitrogen and oxygen atoms in total. The number of aromatic nitrogens is 1. The van der Waals surface area contributed by atoms with Crippen molar-refractivity contribution in [1.29, 1.82) is 0 Å². The van der Waals surface area contributed by atoms with Gasteiger partial charge in [-0.2, -0.15) is 13.2 Å². The zero-order valence-corrected chi connectivity index (χ0v) is 17.9. The first-order valence-corrected chi connectivity index (χ1v) is 10.2. The van der Waals surface area contributed by atoms with E-state index in [-0.39, 0.29) is 35.6 Å². The van der Waals surface area contributed by atoms with Crippen LogP contribution in [0.15, 0.2) is 17.1 Å². The molecule has 2 aliphatic rings.